The van der Waals surface area contributed by atoms with E-state index in [0.29, 0.717) is 5.57 Å². The second-order valence-corrected chi connectivity index (χ2v) is 4.07. The minimum atomic E-state index is -0.859. The van der Waals surface area contributed by atoms with E-state index in [9.17, 15) is 4.79 Å². The van der Waals surface area contributed by atoms with E-state index < -0.39 is 5.97 Å². The monoisotopic (exact) mass is 185 g/mol. The molecular weight excluding hydrogens is 166 g/mol. The molecule has 0 atom stereocenters. The van der Waals surface area contributed by atoms with E-state index in [1.165, 1.54) is 0 Å². The molecular formula is C10H19NO2. The van der Waals surface area contributed by atoms with Crippen molar-refractivity contribution in [1.29, 1.82) is 0 Å². The maximum absolute atomic E-state index is 10.6. The Hall–Kier alpha value is -0.990. The third kappa shape index (κ3) is 3.97. The lowest BCUT2D eigenvalue weighted by Gasteiger charge is -2.34. The van der Waals surface area contributed by atoms with Gasteiger partial charge in [-0.05, 0) is 34.6 Å². The van der Waals surface area contributed by atoms with Crippen molar-refractivity contribution in [3.8, 4) is 0 Å². The molecule has 76 valence electrons. The molecule has 0 unspecified atom stereocenters. The van der Waals surface area contributed by atoms with Crippen LogP contribution in [0.2, 0.25) is 0 Å². The highest BCUT2D eigenvalue weighted by atomic mass is 16.4. The third-order valence-electron chi connectivity index (χ3n) is 1.89. The van der Waals surface area contributed by atoms with E-state index >= 15 is 0 Å². The fourth-order valence-corrected chi connectivity index (χ4v) is 1.05. The highest BCUT2D eigenvalue weighted by Gasteiger charge is 2.17. The Morgan fingerprint density at radius 3 is 2.15 bits per heavy atom. The fraction of sp³-hybridized carbons (Fsp3) is 0.700. The molecule has 0 aliphatic rings. The number of rotatable bonds is 3. The van der Waals surface area contributed by atoms with Gasteiger partial charge in [-0.2, -0.15) is 0 Å². The largest absolute Gasteiger partial charge is 0.478 e. The molecule has 3 heteroatoms. The zero-order chi connectivity index (χ0) is 10.6. The van der Waals surface area contributed by atoms with Gasteiger partial charge in [-0.25, -0.2) is 4.79 Å². The van der Waals surface area contributed by atoms with Crippen LogP contribution in [0.25, 0.3) is 0 Å². The molecule has 0 aromatic heterocycles. The molecule has 0 fully saturated rings. The van der Waals surface area contributed by atoms with Crippen molar-refractivity contribution in [3.63, 3.8) is 0 Å². The molecule has 0 saturated heterocycles. The van der Waals surface area contributed by atoms with E-state index in [4.69, 9.17) is 5.11 Å². The van der Waals surface area contributed by atoms with E-state index in [0.717, 1.165) is 6.54 Å². The van der Waals surface area contributed by atoms with Crippen molar-refractivity contribution in [2.75, 3.05) is 6.54 Å². The van der Waals surface area contributed by atoms with Crippen molar-refractivity contribution >= 4 is 5.97 Å². The number of aliphatic carboxylic acids is 1. The summed E-state index contributed by atoms with van der Waals surface area (Å²) in [5, 5.41) is 8.70. The lowest BCUT2D eigenvalue weighted by atomic mass is 10.1. The third-order valence-corrected chi connectivity index (χ3v) is 1.89. The van der Waals surface area contributed by atoms with Gasteiger partial charge in [-0.15, -0.1) is 0 Å². The van der Waals surface area contributed by atoms with Crippen LogP contribution in [0.15, 0.2) is 11.8 Å². The van der Waals surface area contributed by atoms with Gasteiger partial charge in [0.25, 0.3) is 0 Å². The molecule has 13 heavy (non-hydrogen) atoms. The van der Waals surface area contributed by atoms with Crippen LogP contribution in [0.3, 0.4) is 0 Å². The summed E-state index contributed by atoms with van der Waals surface area (Å²) in [4.78, 5) is 12.6. The van der Waals surface area contributed by atoms with Crippen LogP contribution >= 0.6 is 0 Å². The molecule has 0 aliphatic heterocycles. The zero-order valence-corrected chi connectivity index (χ0v) is 9.09. The van der Waals surface area contributed by atoms with Gasteiger partial charge in [0.2, 0.25) is 0 Å². The topological polar surface area (TPSA) is 40.5 Å². The number of carboxylic acid groups (broad SMARTS) is 1. The smallest absolute Gasteiger partial charge is 0.332 e. The molecule has 0 spiro atoms. The minimum Gasteiger partial charge on any atom is -0.478 e. The number of carbonyl (C=O) groups is 1. The molecule has 0 amide bonds. The van der Waals surface area contributed by atoms with Crippen molar-refractivity contribution in [2.24, 2.45) is 0 Å². The van der Waals surface area contributed by atoms with Gasteiger partial charge < -0.3 is 10.0 Å². The Kier molecular flexibility index (Phi) is 3.98. The molecule has 0 saturated carbocycles. The SMILES string of the molecule is CCN(C=C(C)C(=O)O)C(C)(C)C. The molecule has 0 rings (SSSR count). The number of hydrogen-bond donors (Lipinski definition) is 1. The van der Waals surface area contributed by atoms with Crippen LogP contribution in [0.5, 0.6) is 0 Å². The molecule has 0 heterocycles. The fourth-order valence-electron chi connectivity index (χ4n) is 1.05. The van der Waals surface area contributed by atoms with E-state index in [1.54, 1.807) is 13.1 Å². The highest BCUT2D eigenvalue weighted by molar-refractivity contribution is 5.85. The van der Waals surface area contributed by atoms with Crippen LogP contribution in [-0.4, -0.2) is 28.1 Å². The summed E-state index contributed by atoms with van der Waals surface area (Å²) < 4.78 is 0. The summed E-state index contributed by atoms with van der Waals surface area (Å²) in [6.45, 7) is 10.6. The number of carboxylic acids is 1. The predicted octanol–water partition coefficient (Wildman–Crippen LogP) is 2.10. The second-order valence-electron chi connectivity index (χ2n) is 4.07. The summed E-state index contributed by atoms with van der Waals surface area (Å²) in [5.74, 6) is -0.859. The van der Waals surface area contributed by atoms with Crippen LogP contribution in [0.1, 0.15) is 34.6 Å². The molecule has 0 aromatic carbocycles. The molecule has 0 bridgehead atoms. The predicted molar refractivity (Wildman–Crippen MR) is 53.5 cm³/mol. The Balaban J connectivity index is 4.64. The minimum absolute atomic E-state index is 0.0224. The van der Waals surface area contributed by atoms with Crippen LogP contribution in [0.4, 0.5) is 0 Å². The second kappa shape index (κ2) is 4.30. The Labute approximate surface area is 80.0 Å². The average molecular weight is 185 g/mol. The standard InChI is InChI=1S/C10H19NO2/c1-6-11(10(3,4)5)7-8(2)9(12)13/h7H,6H2,1-5H3,(H,12,13). The molecule has 0 aromatic rings. The van der Waals surface area contributed by atoms with E-state index in [2.05, 4.69) is 20.8 Å². The maximum atomic E-state index is 10.6. The van der Waals surface area contributed by atoms with Crippen molar-refractivity contribution in [2.45, 2.75) is 40.2 Å². The quantitative estimate of drug-likeness (QED) is 0.684. The summed E-state index contributed by atoms with van der Waals surface area (Å²) in [6.07, 6.45) is 1.70. The van der Waals surface area contributed by atoms with Crippen LogP contribution in [0, 0.1) is 0 Å². The van der Waals surface area contributed by atoms with Gasteiger partial charge in [0.1, 0.15) is 0 Å². The van der Waals surface area contributed by atoms with Crippen molar-refractivity contribution in [1.82, 2.24) is 4.90 Å². The Morgan fingerprint density at radius 1 is 1.46 bits per heavy atom. The lowest BCUT2D eigenvalue weighted by molar-refractivity contribution is -0.132. The molecule has 0 radical (unpaired) electrons. The van der Waals surface area contributed by atoms with Gasteiger partial charge >= 0.3 is 5.97 Å². The summed E-state index contributed by atoms with van der Waals surface area (Å²) in [7, 11) is 0. The maximum Gasteiger partial charge on any atom is 0.332 e. The normalized spacial score (nSPS) is 12.8. The first-order chi connectivity index (χ1) is 5.79. The first-order valence-corrected chi connectivity index (χ1v) is 4.47. The van der Waals surface area contributed by atoms with Gasteiger partial charge in [-0.3, -0.25) is 0 Å². The van der Waals surface area contributed by atoms with E-state index in [-0.39, 0.29) is 5.54 Å². The van der Waals surface area contributed by atoms with Gasteiger partial charge in [0.15, 0.2) is 0 Å². The summed E-state index contributed by atoms with van der Waals surface area (Å²) in [5.41, 5.74) is 0.350. The number of hydrogen-bond acceptors (Lipinski definition) is 2. The zero-order valence-electron chi connectivity index (χ0n) is 9.09. The first kappa shape index (κ1) is 12.0. The Morgan fingerprint density at radius 2 is 1.92 bits per heavy atom. The van der Waals surface area contributed by atoms with E-state index in [1.807, 2.05) is 11.8 Å². The average Bonchev–Trinajstić information content (AvgIpc) is 1.96. The number of nitrogens with zero attached hydrogens (tertiary/aromatic N) is 1. The van der Waals surface area contributed by atoms with Crippen LogP contribution in [-0.2, 0) is 4.79 Å². The summed E-state index contributed by atoms with van der Waals surface area (Å²) in [6, 6.07) is 0. The molecule has 3 nitrogen and oxygen atoms in total. The lowest BCUT2D eigenvalue weighted by Crippen LogP contribution is -2.37. The Bertz CT molecular complexity index is 213. The van der Waals surface area contributed by atoms with Crippen molar-refractivity contribution < 1.29 is 9.90 Å². The van der Waals surface area contributed by atoms with Crippen LogP contribution < -0.4 is 0 Å². The first-order valence-electron chi connectivity index (χ1n) is 4.47. The van der Waals surface area contributed by atoms with Crippen molar-refractivity contribution in [3.05, 3.63) is 11.8 Å². The van der Waals surface area contributed by atoms with Gasteiger partial charge in [0.05, 0.1) is 0 Å². The molecule has 1 N–H and O–H groups in total. The summed E-state index contributed by atoms with van der Waals surface area (Å²) >= 11 is 0. The highest BCUT2D eigenvalue weighted by Crippen LogP contribution is 2.14. The van der Waals surface area contributed by atoms with Gasteiger partial charge in [-0.1, -0.05) is 0 Å². The van der Waals surface area contributed by atoms with Gasteiger partial charge in [0, 0.05) is 23.9 Å². The molecule has 0 aliphatic carbocycles.